The molecule has 1 aliphatic rings. The van der Waals surface area contributed by atoms with Crippen LogP contribution in [-0.4, -0.2) is 55.6 Å². The molecule has 1 aromatic heterocycles. The van der Waals surface area contributed by atoms with E-state index in [4.69, 9.17) is 15.2 Å². The molecule has 1 aliphatic heterocycles. The van der Waals surface area contributed by atoms with Crippen molar-refractivity contribution in [3.8, 4) is 5.75 Å². The summed E-state index contributed by atoms with van der Waals surface area (Å²) < 4.78 is 12.8. The molecule has 6 nitrogen and oxygen atoms in total. The average Bonchev–Trinajstić information content (AvgIpc) is 3.04. The predicted octanol–water partition coefficient (Wildman–Crippen LogP) is 0.490. The minimum absolute atomic E-state index is 0.0814. The Morgan fingerprint density at radius 3 is 3.00 bits per heavy atom. The van der Waals surface area contributed by atoms with E-state index in [0.29, 0.717) is 5.92 Å². The van der Waals surface area contributed by atoms with Gasteiger partial charge in [0.1, 0.15) is 0 Å². The summed E-state index contributed by atoms with van der Waals surface area (Å²) in [6.45, 7) is 3.26. The first-order valence-electron chi connectivity index (χ1n) is 6.71. The fraction of sp³-hybridized carbons (Fsp3) is 0.769. The number of nitrogens with zero attached hydrogens (tertiary/aromatic N) is 3. The Balaban J connectivity index is 2.17. The zero-order valence-corrected chi connectivity index (χ0v) is 12.0. The second-order valence-electron chi connectivity index (χ2n) is 5.27. The molecule has 0 aliphatic carbocycles. The van der Waals surface area contributed by atoms with Crippen LogP contribution in [0.4, 0.5) is 0 Å². The molecule has 2 rings (SSSR count). The average molecular weight is 268 g/mol. The fourth-order valence-corrected chi connectivity index (χ4v) is 2.40. The maximum Gasteiger partial charge on any atom is 0.161 e. The van der Waals surface area contributed by atoms with Crippen LogP contribution in [0.5, 0.6) is 5.75 Å². The van der Waals surface area contributed by atoms with E-state index in [1.165, 1.54) is 0 Å². The van der Waals surface area contributed by atoms with Gasteiger partial charge in [-0.3, -0.25) is 4.68 Å². The minimum atomic E-state index is -0.0814. The van der Waals surface area contributed by atoms with E-state index >= 15 is 0 Å². The Kier molecular flexibility index (Phi) is 4.79. The quantitative estimate of drug-likeness (QED) is 0.813. The van der Waals surface area contributed by atoms with Crippen LogP contribution >= 0.6 is 0 Å². The first-order chi connectivity index (χ1) is 9.13. The molecule has 2 atom stereocenters. The van der Waals surface area contributed by atoms with Gasteiger partial charge in [-0.25, -0.2) is 0 Å². The second-order valence-corrected chi connectivity index (χ2v) is 5.27. The number of likely N-dealkylation sites (N-methyl/N-ethyl adjacent to an activating group) is 1. The molecule has 6 heteroatoms. The first-order valence-corrected chi connectivity index (χ1v) is 6.71. The van der Waals surface area contributed by atoms with Crippen molar-refractivity contribution in [3.63, 3.8) is 0 Å². The number of rotatable bonds is 6. The molecule has 2 heterocycles. The van der Waals surface area contributed by atoms with Gasteiger partial charge in [-0.1, -0.05) is 0 Å². The second kappa shape index (κ2) is 6.36. The van der Waals surface area contributed by atoms with Gasteiger partial charge in [0.05, 0.1) is 38.2 Å². The van der Waals surface area contributed by atoms with Crippen LogP contribution < -0.4 is 10.5 Å². The smallest absolute Gasteiger partial charge is 0.161 e. The third-order valence-electron chi connectivity index (χ3n) is 3.61. The molecule has 0 amide bonds. The topological polar surface area (TPSA) is 65.5 Å². The van der Waals surface area contributed by atoms with Crippen LogP contribution in [0.15, 0.2) is 6.20 Å². The van der Waals surface area contributed by atoms with Crippen LogP contribution in [0.1, 0.15) is 18.2 Å². The summed E-state index contributed by atoms with van der Waals surface area (Å²) in [5, 5.41) is 4.40. The van der Waals surface area contributed by atoms with Gasteiger partial charge in [0, 0.05) is 19.1 Å². The van der Waals surface area contributed by atoms with Gasteiger partial charge in [0.25, 0.3) is 0 Å². The molecule has 1 saturated heterocycles. The summed E-state index contributed by atoms with van der Waals surface area (Å²) >= 11 is 0. The lowest BCUT2D eigenvalue weighted by Crippen LogP contribution is -2.27. The molecule has 0 spiro atoms. The highest BCUT2D eigenvalue weighted by Crippen LogP contribution is 2.32. The Morgan fingerprint density at radius 2 is 2.42 bits per heavy atom. The maximum atomic E-state index is 6.39. The standard InChI is InChI=1S/C13H24N4O2/c1-16(2)5-6-17-13(11(18-3)8-15-17)12(14)10-4-7-19-9-10/h8,10,12H,4-7,9,14H2,1-3H3. The summed E-state index contributed by atoms with van der Waals surface area (Å²) in [7, 11) is 5.75. The van der Waals surface area contributed by atoms with Crippen molar-refractivity contribution >= 4 is 0 Å². The highest BCUT2D eigenvalue weighted by molar-refractivity contribution is 5.28. The molecule has 2 N–H and O–H groups in total. The van der Waals surface area contributed by atoms with Crippen LogP contribution in [0.2, 0.25) is 0 Å². The third-order valence-corrected chi connectivity index (χ3v) is 3.61. The number of hydrogen-bond donors (Lipinski definition) is 1. The third kappa shape index (κ3) is 3.26. The lowest BCUT2D eigenvalue weighted by molar-refractivity contribution is 0.179. The van der Waals surface area contributed by atoms with E-state index in [1.54, 1.807) is 13.3 Å². The lowest BCUT2D eigenvalue weighted by Gasteiger charge is -2.21. The fourth-order valence-electron chi connectivity index (χ4n) is 2.40. The van der Waals surface area contributed by atoms with E-state index in [-0.39, 0.29) is 6.04 Å². The van der Waals surface area contributed by atoms with E-state index in [1.807, 2.05) is 18.8 Å². The Hall–Kier alpha value is -1.11. The monoisotopic (exact) mass is 268 g/mol. The molecular weight excluding hydrogens is 244 g/mol. The van der Waals surface area contributed by atoms with Crippen molar-refractivity contribution in [1.29, 1.82) is 0 Å². The summed E-state index contributed by atoms with van der Waals surface area (Å²) in [6.07, 6.45) is 2.75. The number of hydrogen-bond acceptors (Lipinski definition) is 5. The molecule has 1 aromatic rings. The van der Waals surface area contributed by atoms with Crippen LogP contribution in [0.3, 0.4) is 0 Å². The molecule has 1 fully saturated rings. The van der Waals surface area contributed by atoms with Gasteiger partial charge in [0.2, 0.25) is 0 Å². The van der Waals surface area contributed by atoms with Gasteiger partial charge >= 0.3 is 0 Å². The molecule has 2 unspecified atom stereocenters. The Morgan fingerprint density at radius 1 is 1.63 bits per heavy atom. The maximum absolute atomic E-state index is 6.39. The zero-order chi connectivity index (χ0) is 13.8. The van der Waals surface area contributed by atoms with Gasteiger partial charge in [-0.15, -0.1) is 0 Å². The molecule has 0 bridgehead atoms. The summed E-state index contributed by atoms with van der Waals surface area (Å²) in [5.74, 6) is 1.13. The van der Waals surface area contributed by atoms with Gasteiger partial charge in [-0.2, -0.15) is 5.10 Å². The van der Waals surface area contributed by atoms with Crippen molar-refractivity contribution in [3.05, 3.63) is 11.9 Å². The Labute approximate surface area is 114 Å². The molecule has 0 radical (unpaired) electrons. The molecular formula is C13H24N4O2. The van der Waals surface area contributed by atoms with Gasteiger partial charge < -0.3 is 20.1 Å². The number of nitrogens with two attached hydrogens (primary N) is 1. The van der Waals surface area contributed by atoms with Crippen LogP contribution in [0, 0.1) is 5.92 Å². The van der Waals surface area contributed by atoms with E-state index < -0.39 is 0 Å². The summed E-state index contributed by atoms with van der Waals surface area (Å²) in [4.78, 5) is 2.13. The number of methoxy groups -OCH3 is 1. The van der Waals surface area contributed by atoms with Crippen LogP contribution in [-0.2, 0) is 11.3 Å². The van der Waals surface area contributed by atoms with Gasteiger partial charge in [0.15, 0.2) is 5.75 Å². The molecule has 0 saturated carbocycles. The van der Waals surface area contributed by atoms with E-state index in [2.05, 4.69) is 10.00 Å². The highest BCUT2D eigenvalue weighted by atomic mass is 16.5. The van der Waals surface area contributed by atoms with Crippen molar-refractivity contribution in [2.75, 3.05) is 41.0 Å². The first kappa shape index (κ1) is 14.3. The highest BCUT2D eigenvalue weighted by Gasteiger charge is 2.29. The number of aromatic nitrogens is 2. The van der Waals surface area contributed by atoms with E-state index in [9.17, 15) is 0 Å². The lowest BCUT2D eigenvalue weighted by atomic mass is 9.96. The Bertz CT molecular complexity index is 399. The molecule has 108 valence electrons. The predicted molar refractivity (Wildman–Crippen MR) is 73.2 cm³/mol. The van der Waals surface area contributed by atoms with Crippen molar-refractivity contribution in [2.45, 2.75) is 19.0 Å². The van der Waals surface area contributed by atoms with E-state index in [0.717, 1.165) is 44.2 Å². The van der Waals surface area contributed by atoms with Crippen molar-refractivity contribution in [2.24, 2.45) is 11.7 Å². The molecule has 0 aromatic carbocycles. The summed E-state index contributed by atoms with van der Waals surface area (Å²) in [5.41, 5.74) is 7.38. The van der Waals surface area contributed by atoms with Crippen LogP contribution in [0.25, 0.3) is 0 Å². The minimum Gasteiger partial charge on any atom is -0.493 e. The zero-order valence-electron chi connectivity index (χ0n) is 12.0. The van der Waals surface area contributed by atoms with Gasteiger partial charge in [-0.05, 0) is 20.5 Å². The number of ether oxygens (including phenoxy) is 2. The largest absolute Gasteiger partial charge is 0.493 e. The SMILES string of the molecule is COc1cnn(CCN(C)C)c1C(N)C1CCOC1. The molecule has 19 heavy (non-hydrogen) atoms. The normalized spacial score (nSPS) is 21.0. The summed E-state index contributed by atoms with van der Waals surface area (Å²) in [6, 6.07) is -0.0814. The van der Waals surface area contributed by atoms with Crippen molar-refractivity contribution < 1.29 is 9.47 Å². The van der Waals surface area contributed by atoms with Crippen molar-refractivity contribution in [1.82, 2.24) is 14.7 Å².